The van der Waals surface area contributed by atoms with Gasteiger partial charge in [-0.25, -0.2) is 4.68 Å². The Hall–Kier alpha value is -1.81. The molecule has 0 bridgehead atoms. The lowest BCUT2D eigenvalue weighted by Crippen LogP contribution is -2.31. The minimum Gasteiger partial charge on any atom is -0.354 e. The maximum absolute atomic E-state index is 11.3. The highest BCUT2D eigenvalue weighted by molar-refractivity contribution is 6.30. The largest absolute Gasteiger partial charge is 0.354 e. The van der Waals surface area contributed by atoms with E-state index >= 15 is 0 Å². The zero-order chi connectivity index (χ0) is 13.7. The van der Waals surface area contributed by atoms with E-state index in [4.69, 9.17) is 11.6 Å². The number of halogens is 1. The molecule has 0 fully saturated rings. The van der Waals surface area contributed by atoms with Gasteiger partial charge >= 0.3 is 0 Å². The predicted molar refractivity (Wildman–Crippen MR) is 75.6 cm³/mol. The van der Waals surface area contributed by atoms with Crippen LogP contribution in [0.4, 0.5) is 0 Å². The van der Waals surface area contributed by atoms with Gasteiger partial charge in [0.05, 0.1) is 5.69 Å². The van der Waals surface area contributed by atoms with Crippen LogP contribution in [0.15, 0.2) is 42.7 Å². The molecule has 1 unspecified atom stereocenters. The van der Waals surface area contributed by atoms with Crippen LogP contribution in [-0.2, 0) is 11.2 Å². The molecule has 0 saturated heterocycles. The molecule has 5 heteroatoms. The fourth-order valence-electron chi connectivity index (χ4n) is 1.71. The number of amides is 1. The molecule has 4 nitrogen and oxygen atoms in total. The Morgan fingerprint density at radius 3 is 2.74 bits per heavy atom. The number of rotatable bonds is 5. The molecule has 0 saturated carbocycles. The second kappa shape index (κ2) is 6.38. The molecular formula is C14H16ClN3O. The average Bonchev–Trinajstić information content (AvgIpc) is 2.93. The van der Waals surface area contributed by atoms with E-state index in [0.717, 1.165) is 12.1 Å². The SMILES string of the molecule is CC(Cl)C(=O)NCCc1ccc(-n2cccn2)cc1. The molecule has 0 spiro atoms. The average molecular weight is 278 g/mol. The molecule has 1 atom stereocenters. The van der Waals surface area contributed by atoms with E-state index in [2.05, 4.69) is 10.4 Å². The molecule has 0 radical (unpaired) electrons. The van der Waals surface area contributed by atoms with Crippen LogP contribution in [0.1, 0.15) is 12.5 Å². The maximum Gasteiger partial charge on any atom is 0.237 e. The molecule has 100 valence electrons. The summed E-state index contributed by atoms with van der Waals surface area (Å²) in [6.07, 6.45) is 4.43. The second-order valence-electron chi connectivity index (χ2n) is 4.27. The summed E-state index contributed by atoms with van der Waals surface area (Å²) in [5.74, 6) is -0.130. The maximum atomic E-state index is 11.3. The van der Waals surface area contributed by atoms with E-state index in [-0.39, 0.29) is 5.91 Å². The molecular weight excluding hydrogens is 262 g/mol. The third kappa shape index (κ3) is 3.83. The van der Waals surface area contributed by atoms with Gasteiger partial charge in [-0.3, -0.25) is 4.79 Å². The molecule has 0 aliphatic heterocycles. The van der Waals surface area contributed by atoms with Crippen molar-refractivity contribution in [3.8, 4) is 5.69 Å². The van der Waals surface area contributed by atoms with Gasteiger partial charge in [0.25, 0.3) is 0 Å². The molecule has 0 aliphatic rings. The third-order valence-corrected chi connectivity index (χ3v) is 2.98. The normalized spacial score (nSPS) is 12.1. The number of nitrogens with zero attached hydrogens (tertiary/aromatic N) is 2. The Balaban J connectivity index is 1.87. The minimum absolute atomic E-state index is 0.130. The number of carbonyl (C=O) groups is 1. The number of hydrogen-bond acceptors (Lipinski definition) is 2. The van der Waals surface area contributed by atoms with Gasteiger partial charge in [-0.15, -0.1) is 11.6 Å². The summed E-state index contributed by atoms with van der Waals surface area (Å²) in [6, 6.07) is 9.97. The molecule has 19 heavy (non-hydrogen) atoms. The summed E-state index contributed by atoms with van der Waals surface area (Å²) in [5, 5.41) is 6.47. The van der Waals surface area contributed by atoms with E-state index in [1.807, 2.05) is 36.5 Å². The minimum atomic E-state index is -0.484. The van der Waals surface area contributed by atoms with Crippen molar-refractivity contribution < 1.29 is 4.79 Å². The smallest absolute Gasteiger partial charge is 0.237 e. The number of benzene rings is 1. The van der Waals surface area contributed by atoms with E-state index in [1.54, 1.807) is 17.8 Å². The van der Waals surface area contributed by atoms with Crippen LogP contribution in [0.25, 0.3) is 5.69 Å². The first-order valence-corrected chi connectivity index (χ1v) is 6.61. The number of carbonyl (C=O) groups excluding carboxylic acids is 1. The van der Waals surface area contributed by atoms with Crippen molar-refractivity contribution in [3.05, 3.63) is 48.3 Å². The Kier molecular flexibility index (Phi) is 4.58. The third-order valence-electron chi connectivity index (χ3n) is 2.78. The van der Waals surface area contributed by atoms with Crippen LogP contribution in [-0.4, -0.2) is 27.6 Å². The standard InChI is InChI=1S/C14H16ClN3O/c1-11(15)14(19)16-9-7-12-3-5-13(6-4-12)18-10-2-8-17-18/h2-6,8,10-11H,7,9H2,1H3,(H,16,19). The molecule has 1 aromatic heterocycles. The quantitative estimate of drug-likeness (QED) is 0.852. The Bertz CT molecular complexity index is 520. The van der Waals surface area contributed by atoms with Gasteiger partial charge in [0, 0.05) is 18.9 Å². The number of hydrogen-bond donors (Lipinski definition) is 1. The highest BCUT2D eigenvalue weighted by atomic mass is 35.5. The van der Waals surface area contributed by atoms with Crippen molar-refractivity contribution in [2.45, 2.75) is 18.7 Å². The lowest BCUT2D eigenvalue weighted by Gasteiger charge is -2.07. The fraction of sp³-hybridized carbons (Fsp3) is 0.286. The van der Waals surface area contributed by atoms with Gasteiger partial charge in [-0.05, 0) is 37.1 Å². The highest BCUT2D eigenvalue weighted by Crippen LogP contribution is 2.08. The second-order valence-corrected chi connectivity index (χ2v) is 4.93. The zero-order valence-electron chi connectivity index (χ0n) is 10.7. The van der Waals surface area contributed by atoms with Crippen molar-refractivity contribution in [2.24, 2.45) is 0 Å². The van der Waals surface area contributed by atoms with Crippen LogP contribution in [0.2, 0.25) is 0 Å². The fourth-order valence-corrected chi connectivity index (χ4v) is 1.78. The molecule has 1 N–H and O–H groups in total. The zero-order valence-corrected chi connectivity index (χ0v) is 11.5. The lowest BCUT2D eigenvalue weighted by atomic mass is 10.1. The molecule has 1 amide bonds. The number of aromatic nitrogens is 2. The summed E-state index contributed by atoms with van der Waals surface area (Å²) in [5.41, 5.74) is 2.19. The van der Waals surface area contributed by atoms with Crippen LogP contribution in [0.3, 0.4) is 0 Å². The van der Waals surface area contributed by atoms with Crippen LogP contribution >= 0.6 is 11.6 Å². The van der Waals surface area contributed by atoms with E-state index in [0.29, 0.717) is 6.54 Å². The first-order chi connectivity index (χ1) is 9.16. The highest BCUT2D eigenvalue weighted by Gasteiger charge is 2.07. The van der Waals surface area contributed by atoms with E-state index in [1.165, 1.54) is 5.56 Å². The van der Waals surface area contributed by atoms with Crippen LogP contribution in [0, 0.1) is 0 Å². The molecule has 0 aliphatic carbocycles. The summed E-state index contributed by atoms with van der Waals surface area (Å²) in [7, 11) is 0. The van der Waals surface area contributed by atoms with E-state index in [9.17, 15) is 4.79 Å². The molecule has 2 rings (SSSR count). The van der Waals surface area contributed by atoms with Crippen LogP contribution < -0.4 is 5.32 Å². The predicted octanol–water partition coefficient (Wildman–Crippen LogP) is 2.16. The Labute approximate surface area is 117 Å². The molecule has 1 aromatic carbocycles. The van der Waals surface area contributed by atoms with Gasteiger partial charge in [-0.2, -0.15) is 5.10 Å². The summed E-state index contributed by atoms with van der Waals surface area (Å²) in [6.45, 7) is 2.26. The van der Waals surface area contributed by atoms with Crippen molar-refractivity contribution in [1.29, 1.82) is 0 Å². The first kappa shape index (κ1) is 13.6. The number of alkyl halides is 1. The van der Waals surface area contributed by atoms with Gasteiger partial charge in [0.15, 0.2) is 0 Å². The van der Waals surface area contributed by atoms with Gasteiger partial charge in [0.2, 0.25) is 5.91 Å². The lowest BCUT2D eigenvalue weighted by molar-refractivity contribution is -0.120. The van der Waals surface area contributed by atoms with Crippen LogP contribution in [0.5, 0.6) is 0 Å². The molecule has 2 aromatic rings. The van der Waals surface area contributed by atoms with Crippen molar-refractivity contribution in [2.75, 3.05) is 6.54 Å². The Morgan fingerprint density at radius 2 is 2.16 bits per heavy atom. The van der Waals surface area contributed by atoms with Gasteiger partial charge in [-0.1, -0.05) is 12.1 Å². The first-order valence-electron chi connectivity index (χ1n) is 6.17. The Morgan fingerprint density at radius 1 is 1.42 bits per heavy atom. The summed E-state index contributed by atoms with van der Waals surface area (Å²) in [4.78, 5) is 11.3. The van der Waals surface area contributed by atoms with E-state index < -0.39 is 5.38 Å². The molecule has 1 heterocycles. The summed E-state index contributed by atoms with van der Waals surface area (Å²) < 4.78 is 1.81. The number of nitrogens with one attached hydrogen (secondary N) is 1. The van der Waals surface area contributed by atoms with Gasteiger partial charge in [0.1, 0.15) is 5.38 Å². The monoisotopic (exact) mass is 277 g/mol. The van der Waals surface area contributed by atoms with Crippen molar-refractivity contribution in [3.63, 3.8) is 0 Å². The van der Waals surface area contributed by atoms with Gasteiger partial charge < -0.3 is 5.32 Å². The van der Waals surface area contributed by atoms with Crippen molar-refractivity contribution in [1.82, 2.24) is 15.1 Å². The summed E-state index contributed by atoms with van der Waals surface area (Å²) >= 11 is 5.67. The topological polar surface area (TPSA) is 46.9 Å². The van der Waals surface area contributed by atoms with Crippen molar-refractivity contribution >= 4 is 17.5 Å².